The first-order chi connectivity index (χ1) is 11.3. The number of carbonyl (C=O) groups is 1. The van der Waals surface area contributed by atoms with Gasteiger partial charge in [-0.1, -0.05) is 26.2 Å². The molecule has 1 saturated carbocycles. The van der Waals surface area contributed by atoms with Crippen LogP contribution in [0.4, 0.5) is 5.69 Å². The number of hydrogen-bond acceptors (Lipinski definition) is 4. The lowest BCUT2D eigenvalue weighted by atomic mass is 10.1. The maximum absolute atomic E-state index is 12.4. The highest BCUT2D eigenvalue weighted by Crippen LogP contribution is 2.26. The Morgan fingerprint density at radius 3 is 2.58 bits per heavy atom. The highest BCUT2D eigenvalue weighted by atomic mass is 32.2. The molecule has 1 aliphatic carbocycles. The van der Waals surface area contributed by atoms with Crippen molar-refractivity contribution in [3.63, 3.8) is 0 Å². The molecule has 7 heteroatoms. The van der Waals surface area contributed by atoms with Crippen molar-refractivity contribution >= 4 is 21.7 Å². The summed E-state index contributed by atoms with van der Waals surface area (Å²) in [5, 5.41) is 12.7. The van der Waals surface area contributed by atoms with Crippen molar-refractivity contribution < 1.29 is 18.3 Å². The maximum atomic E-state index is 12.4. The molecule has 1 aromatic rings. The van der Waals surface area contributed by atoms with E-state index in [0.29, 0.717) is 5.69 Å². The van der Waals surface area contributed by atoms with Gasteiger partial charge in [0.25, 0.3) is 0 Å². The molecule has 1 aliphatic rings. The number of carboxylic acid groups (broad SMARTS) is 1. The van der Waals surface area contributed by atoms with Gasteiger partial charge in [-0.25, -0.2) is 17.9 Å². The molecule has 0 amide bonds. The molecule has 0 aliphatic heterocycles. The van der Waals surface area contributed by atoms with E-state index in [1.165, 1.54) is 12.1 Å². The highest BCUT2D eigenvalue weighted by Gasteiger charge is 2.22. The van der Waals surface area contributed by atoms with Crippen LogP contribution in [-0.4, -0.2) is 31.6 Å². The van der Waals surface area contributed by atoms with E-state index in [1.807, 2.05) is 6.92 Å². The first-order valence-corrected chi connectivity index (χ1v) is 9.98. The molecule has 24 heavy (non-hydrogen) atoms. The van der Waals surface area contributed by atoms with Crippen LogP contribution < -0.4 is 10.0 Å². The fraction of sp³-hybridized carbons (Fsp3) is 0.588. The van der Waals surface area contributed by atoms with Crippen LogP contribution >= 0.6 is 0 Å². The number of carboxylic acids is 1. The Morgan fingerprint density at radius 1 is 1.33 bits per heavy atom. The Hall–Kier alpha value is -1.60. The summed E-state index contributed by atoms with van der Waals surface area (Å²) < 4.78 is 27.4. The lowest BCUT2D eigenvalue weighted by Crippen LogP contribution is -2.32. The van der Waals surface area contributed by atoms with Crippen LogP contribution in [0.3, 0.4) is 0 Å². The molecule has 0 unspecified atom stereocenters. The van der Waals surface area contributed by atoms with Crippen molar-refractivity contribution in [2.45, 2.75) is 69.4 Å². The fourth-order valence-electron chi connectivity index (χ4n) is 3.11. The van der Waals surface area contributed by atoms with Gasteiger partial charge in [-0.2, -0.15) is 0 Å². The summed E-state index contributed by atoms with van der Waals surface area (Å²) in [6.45, 7) is 3.78. The van der Waals surface area contributed by atoms with E-state index in [1.54, 1.807) is 13.0 Å². The third-order valence-electron chi connectivity index (χ3n) is 4.32. The minimum atomic E-state index is -3.72. The Bertz CT molecular complexity index is 682. The molecule has 0 aromatic heterocycles. The molecule has 0 saturated heterocycles. The molecule has 0 heterocycles. The van der Waals surface area contributed by atoms with E-state index in [4.69, 9.17) is 0 Å². The molecule has 0 radical (unpaired) electrons. The van der Waals surface area contributed by atoms with E-state index < -0.39 is 16.0 Å². The molecule has 2 rings (SSSR count). The summed E-state index contributed by atoms with van der Waals surface area (Å²) in [5.74, 6) is -1.13. The van der Waals surface area contributed by atoms with Crippen LogP contribution in [0.25, 0.3) is 0 Å². The quantitative estimate of drug-likeness (QED) is 0.666. The molecular weight excluding hydrogens is 328 g/mol. The summed E-state index contributed by atoms with van der Waals surface area (Å²) in [6, 6.07) is 4.32. The molecule has 1 atom stereocenters. The van der Waals surface area contributed by atoms with Crippen LogP contribution in [-0.2, 0) is 10.0 Å². The molecule has 0 bridgehead atoms. The van der Waals surface area contributed by atoms with Gasteiger partial charge in [0.2, 0.25) is 10.0 Å². The first kappa shape index (κ1) is 18.7. The van der Waals surface area contributed by atoms with Gasteiger partial charge < -0.3 is 10.4 Å². The fourth-order valence-corrected chi connectivity index (χ4v) is 4.41. The third-order valence-corrected chi connectivity index (χ3v) is 5.91. The summed E-state index contributed by atoms with van der Waals surface area (Å²) in [4.78, 5) is 11.5. The van der Waals surface area contributed by atoms with E-state index in [2.05, 4.69) is 10.0 Å². The lowest BCUT2D eigenvalue weighted by molar-refractivity contribution is 0.0697. The molecule has 1 fully saturated rings. The second-order valence-electron chi connectivity index (χ2n) is 6.45. The Morgan fingerprint density at radius 2 is 2.00 bits per heavy atom. The smallest absolute Gasteiger partial charge is 0.337 e. The topological polar surface area (TPSA) is 95.5 Å². The number of aromatic carboxylic acids is 1. The Balaban J connectivity index is 2.25. The van der Waals surface area contributed by atoms with Crippen molar-refractivity contribution in [1.29, 1.82) is 0 Å². The Labute approximate surface area is 143 Å². The summed E-state index contributed by atoms with van der Waals surface area (Å²) in [6.07, 6.45) is 5.88. The van der Waals surface area contributed by atoms with Gasteiger partial charge in [-0.05, 0) is 44.4 Å². The number of benzene rings is 1. The van der Waals surface area contributed by atoms with Gasteiger partial charge in [-0.15, -0.1) is 0 Å². The van der Waals surface area contributed by atoms with Crippen molar-refractivity contribution in [3.8, 4) is 0 Å². The van der Waals surface area contributed by atoms with Crippen molar-refractivity contribution in [3.05, 3.63) is 23.8 Å². The number of hydrogen-bond donors (Lipinski definition) is 3. The first-order valence-electron chi connectivity index (χ1n) is 8.49. The summed E-state index contributed by atoms with van der Waals surface area (Å²) in [5.41, 5.74) is 0.475. The highest BCUT2D eigenvalue weighted by molar-refractivity contribution is 7.89. The predicted octanol–water partition coefficient (Wildman–Crippen LogP) is 3.21. The molecule has 6 nitrogen and oxygen atoms in total. The van der Waals surface area contributed by atoms with Crippen LogP contribution in [0.5, 0.6) is 0 Å². The summed E-state index contributed by atoms with van der Waals surface area (Å²) in [7, 11) is -3.72. The standard InChI is InChI=1S/C17H26N2O4S/c1-3-6-12(2)19-24(22,23)14-9-10-16(15(11-14)17(20)21)18-13-7-4-5-8-13/h9-13,18-19H,3-8H2,1-2H3,(H,20,21)/t12-/m1/s1. The third kappa shape index (κ3) is 4.70. The van der Waals surface area contributed by atoms with Crippen LogP contribution in [0, 0.1) is 0 Å². The van der Waals surface area contributed by atoms with E-state index in [0.717, 1.165) is 38.5 Å². The average molecular weight is 354 g/mol. The van der Waals surface area contributed by atoms with Crippen molar-refractivity contribution in [2.24, 2.45) is 0 Å². The van der Waals surface area contributed by atoms with Crippen LogP contribution in [0.15, 0.2) is 23.1 Å². The molecule has 1 aromatic carbocycles. The molecular formula is C17H26N2O4S. The van der Waals surface area contributed by atoms with E-state index in [-0.39, 0.29) is 22.5 Å². The van der Waals surface area contributed by atoms with Gasteiger partial charge in [-0.3, -0.25) is 0 Å². The average Bonchev–Trinajstić information content (AvgIpc) is 2.99. The number of nitrogens with one attached hydrogen (secondary N) is 2. The van der Waals surface area contributed by atoms with E-state index in [9.17, 15) is 18.3 Å². The second kappa shape index (κ2) is 7.98. The van der Waals surface area contributed by atoms with Gasteiger partial charge in [0.15, 0.2) is 0 Å². The van der Waals surface area contributed by atoms with Crippen molar-refractivity contribution in [2.75, 3.05) is 5.32 Å². The normalized spacial score (nSPS) is 16.9. The number of anilines is 1. The molecule has 134 valence electrons. The Kier molecular flexibility index (Phi) is 6.23. The maximum Gasteiger partial charge on any atom is 0.337 e. The van der Waals surface area contributed by atoms with E-state index >= 15 is 0 Å². The molecule has 3 N–H and O–H groups in total. The zero-order chi connectivity index (χ0) is 17.7. The molecule has 0 spiro atoms. The lowest BCUT2D eigenvalue weighted by Gasteiger charge is -2.17. The monoisotopic (exact) mass is 354 g/mol. The summed E-state index contributed by atoms with van der Waals surface area (Å²) >= 11 is 0. The number of sulfonamides is 1. The second-order valence-corrected chi connectivity index (χ2v) is 8.16. The van der Waals surface area contributed by atoms with Crippen molar-refractivity contribution in [1.82, 2.24) is 4.72 Å². The van der Waals surface area contributed by atoms with Gasteiger partial charge in [0.05, 0.1) is 10.5 Å². The SMILES string of the molecule is CCC[C@@H](C)NS(=O)(=O)c1ccc(NC2CCCC2)c(C(=O)O)c1. The van der Waals surface area contributed by atoms with Gasteiger partial charge >= 0.3 is 5.97 Å². The van der Waals surface area contributed by atoms with Gasteiger partial charge in [0.1, 0.15) is 0 Å². The minimum Gasteiger partial charge on any atom is -0.478 e. The van der Waals surface area contributed by atoms with Gasteiger partial charge in [0, 0.05) is 17.8 Å². The number of rotatable bonds is 8. The zero-order valence-corrected chi connectivity index (χ0v) is 15.0. The largest absolute Gasteiger partial charge is 0.478 e. The van der Waals surface area contributed by atoms with Crippen LogP contribution in [0.1, 0.15) is 62.7 Å². The van der Waals surface area contributed by atoms with Crippen LogP contribution in [0.2, 0.25) is 0 Å². The predicted molar refractivity (Wildman–Crippen MR) is 94.0 cm³/mol. The zero-order valence-electron chi connectivity index (χ0n) is 14.2. The minimum absolute atomic E-state index is 0.00656.